The minimum absolute atomic E-state index is 0.645. The van der Waals surface area contributed by atoms with Crippen LogP contribution in [0.5, 0.6) is 0 Å². The van der Waals surface area contributed by atoms with Crippen LogP contribution in [0.1, 0.15) is 0 Å². The minimum atomic E-state index is 0.645. The van der Waals surface area contributed by atoms with Gasteiger partial charge in [0.2, 0.25) is 0 Å². The molecule has 270 valence electrons. The van der Waals surface area contributed by atoms with Gasteiger partial charge in [-0.15, -0.1) is 0 Å². The van der Waals surface area contributed by atoms with Crippen LogP contribution in [-0.2, 0) is 0 Å². The summed E-state index contributed by atoms with van der Waals surface area (Å²) in [5.41, 5.74) is 9.86. The summed E-state index contributed by atoms with van der Waals surface area (Å²) >= 11 is 0. The van der Waals surface area contributed by atoms with Gasteiger partial charge in [-0.05, 0) is 70.1 Å². The summed E-state index contributed by atoms with van der Waals surface area (Å²) in [6.45, 7) is 0. The molecular weight excluding hydrogens is 707 g/mol. The van der Waals surface area contributed by atoms with Crippen LogP contribution in [0.25, 0.3) is 111 Å². The van der Waals surface area contributed by atoms with Gasteiger partial charge in [-0.1, -0.05) is 152 Å². The van der Waals surface area contributed by atoms with E-state index in [0.29, 0.717) is 17.5 Å². The van der Waals surface area contributed by atoms with Gasteiger partial charge in [0.25, 0.3) is 0 Å². The summed E-state index contributed by atoms with van der Waals surface area (Å²) in [4.78, 5) is 14.9. The highest BCUT2D eigenvalue weighted by atomic mass is 15.0. The van der Waals surface area contributed by atoms with E-state index in [1.165, 1.54) is 54.4 Å². The Morgan fingerprint density at radius 2 is 0.845 bits per heavy atom. The molecule has 9 aromatic carbocycles. The highest BCUT2D eigenvalue weighted by Crippen LogP contribution is 2.44. The molecule has 0 fully saturated rings. The first kappa shape index (κ1) is 32.4. The number of hydrogen-bond acceptors (Lipinski definition) is 3. The first-order valence-corrected chi connectivity index (χ1v) is 19.6. The third-order valence-electron chi connectivity index (χ3n) is 11.5. The molecular formula is C53H33N5. The second-order valence-corrected chi connectivity index (χ2v) is 14.8. The Balaban J connectivity index is 1.06. The van der Waals surface area contributed by atoms with E-state index in [0.717, 1.165) is 38.8 Å². The summed E-state index contributed by atoms with van der Waals surface area (Å²) in [7, 11) is 0. The Bertz CT molecular complexity index is 3490. The number of rotatable bonds is 5. The van der Waals surface area contributed by atoms with Gasteiger partial charge in [-0.2, -0.15) is 0 Å². The van der Waals surface area contributed by atoms with E-state index in [1.807, 2.05) is 60.7 Å². The zero-order valence-corrected chi connectivity index (χ0v) is 31.3. The van der Waals surface area contributed by atoms with Crippen LogP contribution >= 0.6 is 0 Å². The van der Waals surface area contributed by atoms with Crippen LogP contribution < -0.4 is 0 Å². The van der Waals surface area contributed by atoms with Crippen molar-refractivity contribution in [2.75, 3.05) is 0 Å². The van der Waals surface area contributed by atoms with E-state index in [2.05, 4.69) is 149 Å². The lowest BCUT2D eigenvalue weighted by Crippen LogP contribution is -2.00. The number of para-hydroxylation sites is 2. The average molecular weight is 740 g/mol. The number of benzene rings is 9. The zero-order chi connectivity index (χ0) is 38.2. The van der Waals surface area contributed by atoms with Gasteiger partial charge in [-0.3, -0.25) is 0 Å². The molecule has 3 aromatic heterocycles. The maximum absolute atomic E-state index is 4.99. The molecule has 0 atom stereocenters. The van der Waals surface area contributed by atoms with Crippen molar-refractivity contribution in [2.24, 2.45) is 0 Å². The highest BCUT2D eigenvalue weighted by Gasteiger charge is 2.22. The van der Waals surface area contributed by atoms with Gasteiger partial charge in [0, 0.05) is 49.6 Å². The lowest BCUT2D eigenvalue weighted by molar-refractivity contribution is 1.07. The van der Waals surface area contributed by atoms with Gasteiger partial charge in [0.15, 0.2) is 17.5 Å². The molecule has 0 bridgehead atoms. The van der Waals surface area contributed by atoms with Gasteiger partial charge >= 0.3 is 0 Å². The number of fused-ring (bicyclic) bond motifs is 10. The summed E-state index contributed by atoms with van der Waals surface area (Å²) < 4.78 is 4.89. The molecule has 5 nitrogen and oxygen atoms in total. The minimum Gasteiger partial charge on any atom is -0.309 e. The third kappa shape index (κ3) is 5.00. The fourth-order valence-electron chi connectivity index (χ4n) is 8.90. The smallest absolute Gasteiger partial charge is 0.164 e. The molecule has 0 saturated carbocycles. The van der Waals surface area contributed by atoms with Crippen molar-refractivity contribution in [1.82, 2.24) is 24.1 Å². The van der Waals surface area contributed by atoms with Crippen molar-refractivity contribution in [3.8, 4) is 45.5 Å². The largest absolute Gasteiger partial charge is 0.309 e. The van der Waals surface area contributed by atoms with Crippen molar-refractivity contribution in [3.05, 3.63) is 200 Å². The van der Waals surface area contributed by atoms with Crippen LogP contribution in [0.4, 0.5) is 0 Å². The SMILES string of the molecule is c1ccc(-c2nc(-c3ccccc3)nc(-c3ccc4cc(-n5c6ccccc6c6c5ccc5c7c8ccccc8ccc7n(-c7ccccc7)c56)ccc4c3)n2)cc1. The Morgan fingerprint density at radius 3 is 1.59 bits per heavy atom. The molecule has 0 aliphatic heterocycles. The molecule has 0 N–H and O–H groups in total. The second-order valence-electron chi connectivity index (χ2n) is 14.8. The normalized spacial score (nSPS) is 11.8. The van der Waals surface area contributed by atoms with Crippen molar-refractivity contribution in [2.45, 2.75) is 0 Å². The van der Waals surface area contributed by atoms with Gasteiger partial charge in [-0.25, -0.2) is 15.0 Å². The molecule has 58 heavy (non-hydrogen) atoms. The first-order chi connectivity index (χ1) is 28.8. The quantitative estimate of drug-likeness (QED) is 0.177. The van der Waals surface area contributed by atoms with Gasteiger partial charge in [0.1, 0.15) is 0 Å². The lowest BCUT2D eigenvalue weighted by atomic mass is 10.0. The topological polar surface area (TPSA) is 48.5 Å². The predicted octanol–water partition coefficient (Wildman–Crippen LogP) is 13.4. The van der Waals surface area contributed by atoms with E-state index in [4.69, 9.17) is 15.0 Å². The fourth-order valence-corrected chi connectivity index (χ4v) is 8.90. The van der Waals surface area contributed by atoms with Crippen LogP contribution in [0.2, 0.25) is 0 Å². The Hall–Kier alpha value is -7.89. The molecule has 3 heterocycles. The first-order valence-electron chi connectivity index (χ1n) is 19.6. The maximum Gasteiger partial charge on any atom is 0.164 e. The Labute approximate surface area is 333 Å². The van der Waals surface area contributed by atoms with E-state index in [1.54, 1.807) is 0 Å². The van der Waals surface area contributed by atoms with Gasteiger partial charge < -0.3 is 9.13 Å². The van der Waals surface area contributed by atoms with E-state index in [-0.39, 0.29) is 0 Å². The van der Waals surface area contributed by atoms with Crippen molar-refractivity contribution in [3.63, 3.8) is 0 Å². The summed E-state index contributed by atoms with van der Waals surface area (Å²) in [6.07, 6.45) is 0. The molecule has 0 aliphatic rings. The summed E-state index contributed by atoms with van der Waals surface area (Å²) in [5, 5.41) is 9.76. The van der Waals surface area contributed by atoms with Crippen molar-refractivity contribution < 1.29 is 0 Å². The van der Waals surface area contributed by atoms with Crippen LogP contribution in [0, 0.1) is 0 Å². The maximum atomic E-state index is 4.99. The van der Waals surface area contributed by atoms with Crippen LogP contribution in [0.3, 0.4) is 0 Å². The van der Waals surface area contributed by atoms with E-state index >= 15 is 0 Å². The van der Waals surface area contributed by atoms with Crippen molar-refractivity contribution >= 4 is 65.2 Å². The average Bonchev–Trinajstić information content (AvgIpc) is 3.83. The number of hydrogen-bond donors (Lipinski definition) is 0. The lowest BCUT2D eigenvalue weighted by Gasteiger charge is -2.12. The van der Waals surface area contributed by atoms with E-state index in [9.17, 15) is 0 Å². The van der Waals surface area contributed by atoms with Crippen LogP contribution in [0.15, 0.2) is 200 Å². The summed E-state index contributed by atoms with van der Waals surface area (Å²) in [6, 6.07) is 71.0. The standard InChI is InChI=1S/C53H33N5/c1-4-15-35(16-5-1)51-54-52(36-17-6-2-7-18-36)56-53(55-51)39-25-24-38-33-41(28-26-37(38)32-39)57-45-23-13-12-22-43(45)49-47(57)31-29-44-48-42-21-11-10-14-34(42)27-30-46(48)58(50(44)49)40-19-8-3-9-20-40/h1-33H. The fraction of sp³-hybridized carbons (Fsp3) is 0. The zero-order valence-electron chi connectivity index (χ0n) is 31.3. The molecule has 0 saturated heterocycles. The Morgan fingerprint density at radius 1 is 0.293 bits per heavy atom. The molecule has 0 spiro atoms. The third-order valence-corrected chi connectivity index (χ3v) is 11.5. The summed E-state index contributed by atoms with van der Waals surface area (Å²) in [5.74, 6) is 1.95. The van der Waals surface area contributed by atoms with E-state index < -0.39 is 0 Å². The number of aromatic nitrogens is 5. The molecule has 0 radical (unpaired) electrons. The monoisotopic (exact) mass is 739 g/mol. The van der Waals surface area contributed by atoms with Gasteiger partial charge in [0.05, 0.1) is 22.1 Å². The second kappa shape index (κ2) is 12.8. The molecule has 0 aliphatic carbocycles. The Kier molecular flexibility index (Phi) is 7.16. The van der Waals surface area contributed by atoms with Crippen molar-refractivity contribution in [1.29, 1.82) is 0 Å². The number of nitrogens with zero attached hydrogens (tertiary/aromatic N) is 5. The molecule has 12 aromatic rings. The molecule has 12 rings (SSSR count). The molecule has 0 amide bonds. The molecule has 5 heteroatoms. The molecule has 0 unspecified atom stereocenters. The van der Waals surface area contributed by atoms with Crippen LogP contribution in [-0.4, -0.2) is 24.1 Å². The predicted molar refractivity (Wildman–Crippen MR) is 240 cm³/mol. The highest BCUT2D eigenvalue weighted by molar-refractivity contribution is 6.30.